The van der Waals surface area contributed by atoms with Crippen molar-refractivity contribution in [1.29, 1.82) is 0 Å². The van der Waals surface area contributed by atoms with Crippen molar-refractivity contribution >= 4 is 22.8 Å². The van der Waals surface area contributed by atoms with Gasteiger partial charge < -0.3 is 5.11 Å². The van der Waals surface area contributed by atoms with Gasteiger partial charge in [-0.1, -0.05) is 0 Å². The first-order valence-corrected chi connectivity index (χ1v) is 4.61. The van der Waals surface area contributed by atoms with Gasteiger partial charge in [-0.2, -0.15) is 0 Å². The van der Waals surface area contributed by atoms with Gasteiger partial charge in [0.1, 0.15) is 5.82 Å². The fourth-order valence-corrected chi connectivity index (χ4v) is 1.50. The Morgan fingerprint density at radius 3 is 3.00 bits per heavy atom. The molecule has 0 aliphatic carbocycles. The first-order valence-electron chi connectivity index (χ1n) is 4.61. The Labute approximate surface area is 90.9 Å². The average Bonchev–Trinajstić information content (AvgIpc) is 2.25. The molecule has 3 nitrogen and oxygen atoms in total. The van der Waals surface area contributed by atoms with E-state index >= 15 is 0 Å². The molecule has 1 aromatic carbocycles. The van der Waals surface area contributed by atoms with Gasteiger partial charge in [0.25, 0.3) is 0 Å². The van der Waals surface area contributed by atoms with Crippen molar-refractivity contribution in [3.8, 4) is 0 Å². The summed E-state index contributed by atoms with van der Waals surface area (Å²) < 4.78 is 13.2. The van der Waals surface area contributed by atoms with E-state index in [9.17, 15) is 9.18 Å². The van der Waals surface area contributed by atoms with E-state index in [-0.39, 0.29) is 0 Å². The molecule has 0 bridgehead atoms. The van der Waals surface area contributed by atoms with E-state index < -0.39 is 11.8 Å². The number of hydrogen-bond acceptors (Lipinski definition) is 2. The van der Waals surface area contributed by atoms with Crippen LogP contribution in [0, 0.1) is 5.82 Å². The first-order chi connectivity index (χ1) is 7.66. The molecule has 4 heteroatoms. The lowest BCUT2D eigenvalue weighted by atomic mass is 10.1. The molecule has 0 radical (unpaired) electrons. The molecule has 0 saturated carbocycles. The average molecular weight is 217 g/mol. The summed E-state index contributed by atoms with van der Waals surface area (Å²) in [4.78, 5) is 14.3. The summed E-state index contributed by atoms with van der Waals surface area (Å²) in [6, 6.07) is 4.37. The fraction of sp³-hybridized carbons (Fsp3) is 0. The molecule has 1 N–H and O–H groups in total. The predicted molar refractivity (Wildman–Crippen MR) is 58.4 cm³/mol. The number of halogens is 1. The molecule has 16 heavy (non-hydrogen) atoms. The molecule has 2 rings (SSSR count). The Morgan fingerprint density at radius 2 is 2.25 bits per heavy atom. The Morgan fingerprint density at radius 1 is 1.44 bits per heavy atom. The highest BCUT2D eigenvalue weighted by molar-refractivity contribution is 5.93. The van der Waals surface area contributed by atoms with Crippen molar-refractivity contribution in [2.24, 2.45) is 0 Å². The number of aliphatic carboxylic acids is 1. The van der Waals surface area contributed by atoms with Crippen LogP contribution in [0.1, 0.15) is 5.56 Å². The van der Waals surface area contributed by atoms with Gasteiger partial charge in [-0.05, 0) is 35.2 Å². The predicted octanol–water partition coefficient (Wildman–Crippen LogP) is 2.47. The Balaban J connectivity index is 2.63. The summed E-state index contributed by atoms with van der Waals surface area (Å²) in [5, 5.41) is 9.94. The molecular formula is C12H8FNO2. The van der Waals surface area contributed by atoms with E-state index in [4.69, 9.17) is 5.11 Å². The van der Waals surface area contributed by atoms with Crippen molar-refractivity contribution < 1.29 is 14.3 Å². The van der Waals surface area contributed by atoms with Crippen LogP contribution in [0.25, 0.3) is 16.8 Å². The lowest BCUT2D eigenvalue weighted by molar-refractivity contribution is -0.131. The maximum Gasteiger partial charge on any atom is 0.328 e. The normalized spacial score (nSPS) is 11.1. The second kappa shape index (κ2) is 4.10. The van der Waals surface area contributed by atoms with Crippen LogP contribution in [-0.2, 0) is 4.79 Å². The van der Waals surface area contributed by atoms with Gasteiger partial charge in [-0.3, -0.25) is 4.98 Å². The van der Waals surface area contributed by atoms with E-state index in [1.165, 1.54) is 24.4 Å². The van der Waals surface area contributed by atoms with Crippen LogP contribution in [0.5, 0.6) is 0 Å². The topological polar surface area (TPSA) is 50.2 Å². The summed E-state index contributed by atoms with van der Waals surface area (Å²) in [5.74, 6) is -1.47. The van der Waals surface area contributed by atoms with Crippen molar-refractivity contribution in [2.75, 3.05) is 0 Å². The van der Waals surface area contributed by atoms with Gasteiger partial charge in [0.05, 0.1) is 0 Å². The molecule has 2 aromatic rings. The molecule has 0 fully saturated rings. The number of rotatable bonds is 2. The van der Waals surface area contributed by atoms with Crippen molar-refractivity contribution in [3.05, 3.63) is 48.0 Å². The van der Waals surface area contributed by atoms with Crippen LogP contribution in [-0.4, -0.2) is 16.1 Å². The monoisotopic (exact) mass is 217 g/mol. The number of fused-ring (bicyclic) bond motifs is 1. The van der Waals surface area contributed by atoms with Crippen LogP contribution >= 0.6 is 0 Å². The van der Waals surface area contributed by atoms with Crippen LogP contribution in [0.15, 0.2) is 36.7 Å². The standard InChI is InChI=1S/C12H8FNO2/c13-10-5-8(1-2-12(15)16)11-3-4-14-7-9(11)6-10/h1-7H,(H,15,16)/b2-1+. The third-order valence-electron chi connectivity index (χ3n) is 2.16. The van der Waals surface area contributed by atoms with Crippen LogP contribution in [0.2, 0.25) is 0 Å². The summed E-state index contributed by atoms with van der Waals surface area (Å²) in [6.45, 7) is 0. The van der Waals surface area contributed by atoms with E-state index in [0.29, 0.717) is 10.9 Å². The SMILES string of the molecule is O=C(O)/C=C/c1cc(F)cc2cnccc12. The van der Waals surface area contributed by atoms with E-state index in [0.717, 1.165) is 11.5 Å². The molecular weight excluding hydrogens is 209 g/mol. The highest BCUT2D eigenvalue weighted by Gasteiger charge is 2.02. The zero-order valence-corrected chi connectivity index (χ0v) is 8.22. The number of nitrogens with zero attached hydrogens (tertiary/aromatic N) is 1. The molecule has 1 heterocycles. The number of pyridine rings is 1. The molecule has 0 spiro atoms. The Kier molecular flexibility index (Phi) is 2.64. The first kappa shape index (κ1) is 10.3. The van der Waals surface area contributed by atoms with Gasteiger partial charge in [-0.25, -0.2) is 9.18 Å². The number of benzene rings is 1. The fourth-order valence-electron chi connectivity index (χ4n) is 1.50. The van der Waals surface area contributed by atoms with Crippen LogP contribution < -0.4 is 0 Å². The van der Waals surface area contributed by atoms with E-state index in [1.807, 2.05) is 0 Å². The summed E-state index contributed by atoms with van der Waals surface area (Å²) in [7, 11) is 0. The van der Waals surface area contributed by atoms with Gasteiger partial charge >= 0.3 is 5.97 Å². The van der Waals surface area contributed by atoms with Crippen molar-refractivity contribution in [1.82, 2.24) is 4.98 Å². The second-order valence-corrected chi connectivity index (χ2v) is 3.26. The van der Waals surface area contributed by atoms with Gasteiger partial charge in [-0.15, -0.1) is 0 Å². The molecule has 0 atom stereocenters. The number of carboxylic acids is 1. The minimum absolute atomic E-state index is 0.412. The lowest BCUT2D eigenvalue weighted by Crippen LogP contribution is -1.88. The summed E-state index contributed by atoms with van der Waals surface area (Å²) in [5.41, 5.74) is 0.528. The zero-order chi connectivity index (χ0) is 11.5. The highest BCUT2D eigenvalue weighted by Crippen LogP contribution is 2.20. The molecule has 1 aromatic heterocycles. The van der Waals surface area contributed by atoms with Gasteiger partial charge in [0.2, 0.25) is 0 Å². The third-order valence-corrected chi connectivity index (χ3v) is 2.16. The van der Waals surface area contributed by atoms with Crippen LogP contribution in [0.3, 0.4) is 0 Å². The second-order valence-electron chi connectivity index (χ2n) is 3.26. The highest BCUT2D eigenvalue weighted by atomic mass is 19.1. The summed E-state index contributed by atoms with van der Waals surface area (Å²) >= 11 is 0. The van der Waals surface area contributed by atoms with E-state index in [2.05, 4.69) is 4.98 Å². The lowest BCUT2D eigenvalue weighted by Gasteiger charge is -2.01. The number of carboxylic acid groups (broad SMARTS) is 1. The molecule has 0 amide bonds. The van der Waals surface area contributed by atoms with Crippen molar-refractivity contribution in [3.63, 3.8) is 0 Å². The maximum absolute atomic E-state index is 13.2. The molecule has 0 aliphatic rings. The van der Waals surface area contributed by atoms with Gasteiger partial charge in [0.15, 0.2) is 0 Å². The number of hydrogen-bond donors (Lipinski definition) is 1. The minimum atomic E-state index is -1.06. The van der Waals surface area contributed by atoms with E-state index in [1.54, 1.807) is 12.3 Å². The quantitative estimate of drug-likeness (QED) is 0.786. The Bertz CT molecular complexity index is 578. The van der Waals surface area contributed by atoms with Gasteiger partial charge in [0, 0.05) is 23.9 Å². The summed E-state index contributed by atoms with van der Waals surface area (Å²) in [6.07, 6.45) is 5.47. The molecule has 0 saturated heterocycles. The van der Waals surface area contributed by atoms with Crippen LogP contribution in [0.4, 0.5) is 4.39 Å². The smallest absolute Gasteiger partial charge is 0.328 e. The maximum atomic E-state index is 13.2. The third kappa shape index (κ3) is 2.06. The van der Waals surface area contributed by atoms with Crippen molar-refractivity contribution in [2.45, 2.75) is 0 Å². The minimum Gasteiger partial charge on any atom is -0.478 e. The molecule has 80 valence electrons. The molecule has 0 unspecified atom stereocenters. The Hall–Kier alpha value is -2.23. The number of aromatic nitrogens is 1. The number of carbonyl (C=O) groups is 1. The zero-order valence-electron chi connectivity index (χ0n) is 8.22. The molecule has 0 aliphatic heterocycles. The largest absolute Gasteiger partial charge is 0.478 e.